The molecule has 3 rings (SSSR count). The van der Waals surface area contributed by atoms with Gasteiger partial charge in [-0.2, -0.15) is 0 Å². The number of rotatable bonds is 8. The zero-order chi connectivity index (χ0) is 19.1. The molecule has 0 bridgehead atoms. The van der Waals surface area contributed by atoms with E-state index in [2.05, 4.69) is 22.3 Å². The fourth-order valence-electron chi connectivity index (χ4n) is 3.07. The summed E-state index contributed by atoms with van der Waals surface area (Å²) < 4.78 is 5.77. The quantitative estimate of drug-likeness (QED) is 0.667. The van der Waals surface area contributed by atoms with E-state index in [1.54, 1.807) is 0 Å². The molecule has 3 aromatic rings. The molecule has 3 aromatic carbocycles. The summed E-state index contributed by atoms with van der Waals surface area (Å²) in [5.41, 5.74) is 1.26. The summed E-state index contributed by atoms with van der Waals surface area (Å²) in [7, 11) is 4.07. The highest BCUT2D eigenvalue weighted by Crippen LogP contribution is 2.24. The van der Waals surface area contributed by atoms with E-state index in [9.17, 15) is 4.79 Å². The monoisotopic (exact) mass is 362 g/mol. The van der Waals surface area contributed by atoms with Crippen LogP contribution in [0.2, 0.25) is 0 Å². The van der Waals surface area contributed by atoms with Gasteiger partial charge in [-0.15, -0.1) is 0 Å². The number of nitrogens with zero attached hydrogens (tertiary/aromatic N) is 1. The van der Waals surface area contributed by atoms with Crippen LogP contribution in [0.15, 0.2) is 72.8 Å². The molecule has 0 aromatic heterocycles. The van der Waals surface area contributed by atoms with Gasteiger partial charge in [-0.3, -0.25) is 4.79 Å². The molecule has 4 heteroatoms. The van der Waals surface area contributed by atoms with Crippen molar-refractivity contribution in [1.29, 1.82) is 0 Å². The predicted molar refractivity (Wildman–Crippen MR) is 110 cm³/mol. The maximum absolute atomic E-state index is 12.3. The third kappa shape index (κ3) is 5.31. The molecule has 1 amide bonds. The first-order chi connectivity index (χ1) is 13.1. The molecular formula is C23H26N2O2. The number of hydrogen-bond donors (Lipinski definition) is 1. The maximum Gasteiger partial charge on any atom is 0.257 e. The van der Waals surface area contributed by atoms with E-state index in [1.165, 1.54) is 5.56 Å². The highest BCUT2D eigenvalue weighted by atomic mass is 16.5. The van der Waals surface area contributed by atoms with Gasteiger partial charge in [0.25, 0.3) is 5.91 Å². The summed E-state index contributed by atoms with van der Waals surface area (Å²) >= 11 is 0. The smallest absolute Gasteiger partial charge is 0.257 e. The van der Waals surface area contributed by atoms with Gasteiger partial charge in [0.15, 0.2) is 6.61 Å². The van der Waals surface area contributed by atoms with Gasteiger partial charge in [0.2, 0.25) is 0 Å². The molecule has 0 heterocycles. The van der Waals surface area contributed by atoms with E-state index in [-0.39, 0.29) is 18.6 Å². The van der Waals surface area contributed by atoms with Crippen molar-refractivity contribution in [3.63, 3.8) is 0 Å². The van der Waals surface area contributed by atoms with Gasteiger partial charge in [-0.25, -0.2) is 0 Å². The summed E-state index contributed by atoms with van der Waals surface area (Å²) in [6, 6.07) is 24.4. The van der Waals surface area contributed by atoms with E-state index in [1.807, 2.05) is 74.8 Å². The Morgan fingerprint density at radius 2 is 1.67 bits per heavy atom. The van der Waals surface area contributed by atoms with Crippen LogP contribution >= 0.6 is 0 Å². The molecule has 0 fully saturated rings. The van der Waals surface area contributed by atoms with Crippen LogP contribution < -0.4 is 10.1 Å². The Morgan fingerprint density at radius 3 is 2.44 bits per heavy atom. The lowest BCUT2D eigenvalue weighted by Crippen LogP contribution is -2.42. The summed E-state index contributed by atoms with van der Waals surface area (Å²) in [6.45, 7) is 0.596. The lowest BCUT2D eigenvalue weighted by Gasteiger charge is -2.24. The number of ether oxygens (including phenoxy) is 1. The van der Waals surface area contributed by atoms with Crippen LogP contribution in [-0.2, 0) is 11.2 Å². The summed E-state index contributed by atoms with van der Waals surface area (Å²) in [6.07, 6.45) is 0.887. The molecule has 1 unspecified atom stereocenters. The summed E-state index contributed by atoms with van der Waals surface area (Å²) in [5, 5.41) is 5.12. The van der Waals surface area contributed by atoms with Gasteiger partial charge >= 0.3 is 0 Å². The number of likely N-dealkylation sites (N-methyl/N-ethyl adjacent to an activating group) is 1. The van der Waals surface area contributed by atoms with Gasteiger partial charge in [-0.1, -0.05) is 66.7 Å². The van der Waals surface area contributed by atoms with Gasteiger partial charge in [-0.05, 0) is 37.5 Å². The highest BCUT2D eigenvalue weighted by Gasteiger charge is 2.14. The zero-order valence-corrected chi connectivity index (χ0v) is 15.9. The topological polar surface area (TPSA) is 41.6 Å². The fourth-order valence-corrected chi connectivity index (χ4v) is 3.07. The Labute approximate surface area is 160 Å². The van der Waals surface area contributed by atoms with E-state index in [0.29, 0.717) is 6.54 Å². The minimum Gasteiger partial charge on any atom is -0.483 e. The van der Waals surface area contributed by atoms with E-state index in [4.69, 9.17) is 4.74 Å². The Morgan fingerprint density at radius 1 is 0.963 bits per heavy atom. The van der Waals surface area contributed by atoms with Crippen molar-refractivity contribution in [3.8, 4) is 5.75 Å². The number of carbonyl (C=O) groups is 1. The van der Waals surface area contributed by atoms with Crippen molar-refractivity contribution in [2.75, 3.05) is 27.2 Å². The molecule has 1 N–H and O–H groups in total. The molecule has 0 radical (unpaired) electrons. The SMILES string of the molecule is CN(C)C(CNC(=O)COc1cccc2ccccc12)Cc1ccccc1. The predicted octanol–water partition coefficient (Wildman–Crippen LogP) is 3.51. The van der Waals surface area contributed by atoms with Crippen molar-refractivity contribution < 1.29 is 9.53 Å². The van der Waals surface area contributed by atoms with Gasteiger partial charge in [0.05, 0.1) is 0 Å². The maximum atomic E-state index is 12.3. The third-order valence-corrected chi connectivity index (χ3v) is 4.69. The second kappa shape index (κ2) is 9.19. The van der Waals surface area contributed by atoms with Gasteiger partial charge in [0.1, 0.15) is 5.75 Å². The first-order valence-corrected chi connectivity index (χ1v) is 9.21. The molecule has 0 saturated carbocycles. The Bertz CT molecular complexity index is 872. The van der Waals surface area contributed by atoms with Crippen LogP contribution in [0.25, 0.3) is 10.8 Å². The van der Waals surface area contributed by atoms with Crippen LogP contribution in [0, 0.1) is 0 Å². The van der Waals surface area contributed by atoms with Crippen molar-refractivity contribution in [2.45, 2.75) is 12.5 Å². The van der Waals surface area contributed by atoms with Crippen LogP contribution in [0.1, 0.15) is 5.56 Å². The van der Waals surface area contributed by atoms with E-state index in [0.717, 1.165) is 22.9 Å². The van der Waals surface area contributed by atoms with Crippen LogP contribution in [0.5, 0.6) is 5.75 Å². The minimum atomic E-state index is -0.108. The fraction of sp³-hybridized carbons (Fsp3) is 0.261. The minimum absolute atomic E-state index is 0.0134. The standard InChI is InChI=1S/C23H26N2O2/c1-25(2)20(15-18-9-4-3-5-10-18)16-24-23(26)17-27-22-14-8-12-19-11-6-7-13-21(19)22/h3-14,20H,15-17H2,1-2H3,(H,24,26). The molecule has 0 saturated heterocycles. The molecule has 0 aliphatic carbocycles. The lowest BCUT2D eigenvalue weighted by molar-refractivity contribution is -0.123. The average Bonchev–Trinajstić information content (AvgIpc) is 2.70. The van der Waals surface area contributed by atoms with E-state index < -0.39 is 0 Å². The number of hydrogen-bond acceptors (Lipinski definition) is 3. The largest absolute Gasteiger partial charge is 0.483 e. The van der Waals surface area contributed by atoms with Gasteiger partial charge in [0, 0.05) is 18.0 Å². The normalized spacial score (nSPS) is 12.1. The number of fused-ring (bicyclic) bond motifs is 1. The molecular weight excluding hydrogens is 336 g/mol. The third-order valence-electron chi connectivity index (χ3n) is 4.69. The van der Waals surface area contributed by atoms with Crippen LogP contribution in [0.3, 0.4) is 0 Å². The van der Waals surface area contributed by atoms with Gasteiger partial charge < -0.3 is 15.0 Å². The molecule has 0 aliphatic rings. The van der Waals surface area contributed by atoms with Crippen molar-refractivity contribution in [1.82, 2.24) is 10.2 Å². The van der Waals surface area contributed by atoms with Crippen LogP contribution in [0.4, 0.5) is 0 Å². The van der Waals surface area contributed by atoms with Crippen LogP contribution in [-0.4, -0.2) is 44.1 Å². The lowest BCUT2D eigenvalue weighted by atomic mass is 10.1. The molecule has 27 heavy (non-hydrogen) atoms. The number of carbonyl (C=O) groups excluding carboxylic acids is 1. The average molecular weight is 362 g/mol. The Balaban J connectivity index is 1.53. The second-order valence-corrected chi connectivity index (χ2v) is 6.88. The summed E-state index contributed by atoms with van der Waals surface area (Å²) in [4.78, 5) is 14.4. The Kier molecular flexibility index (Phi) is 6.44. The molecule has 4 nitrogen and oxygen atoms in total. The number of amides is 1. The Hall–Kier alpha value is -2.85. The molecule has 0 spiro atoms. The molecule has 1 atom stereocenters. The summed E-state index contributed by atoms with van der Waals surface area (Å²) in [5.74, 6) is 0.625. The number of benzene rings is 3. The van der Waals surface area contributed by atoms with Crippen molar-refractivity contribution in [3.05, 3.63) is 78.4 Å². The van der Waals surface area contributed by atoms with Crippen molar-refractivity contribution >= 4 is 16.7 Å². The van der Waals surface area contributed by atoms with Crippen molar-refractivity contribution in [2.24, 2.45) is 0 Å². The molecule has 0 aliphatic heterocycles. The first-order valence-electron chi connectivity index (χ1n) is 9.21. The highest BCUT2D eigenvalue weighted by molar-refractivity contribution is 5.88. The molecule has 140 valence electrons. The zero-order valence-electron chi connectivity index (χ0n) is 15.9. The number of nitrogens with one attached hydrogen (secondary N) is 1. The second-order valence-electron chi connectivity index (χ2n) is 6.88. The van der Waals surface area contributed by atoms with E-state index >= 15 is 0 Å². The first kappa shape index (κ1) is 18.9.